The third kappa shape index (κ3) is 2.81. The van der Waals surface area contributed by atoms with Crippen LogP contribution < -0.4 is 11.1 Å². The molecule has 2 rings (SSSR count). The number of nitrogens with two attached hydrogens (primary N) is 1. The van der Waals surface area contributed by atoms with E-state index in [0.717, 1.165) is 11.3 Å². The van der Waals surface area contributed by atoms with Gasteiger partial charge in [0.15, 0.2) is 0 Å². The standard InChI is InChI=1S/C11H13N5O/c1-8-6-13-4-2-9(8)14-11(17)7-16-5-3-10(12)15-16/h2-6H,7H2,1H3,(H2,12,15)(H,13,14,17). The number of anilines is 2. The Balaban J connectivity index is 2.01. The topological polar surface area (TPSA) is 85.8 Å². The van der Waals surface area contributed by atoms with Crippen LogP contribution in [0.2, 0.25) is 0 Å². The number of aromatic nitrogens is 3. The zero-order chi connectivity index (χ0) is 12.3. The number of nitrogen functional groups attached to an aromatic ring is 1. The van der Waals surface area contributed by atoms with E-state index in [1.807, 2.05) is 6.92 Å². The van der Waals surface area contributed by atoms with E-state index in [0.29, 0.717) is 5.82 Å². The van der Waals surface area contributed by atoms with Gasteiger partial charge in [-0.05, 0) is 24.6 Å². The van der Waals surface area contributed by atoms with Gasteiger partial charge in [-0.1, -0.05) is 0 Å². The van der Waals surface area contributed by atoms with Gasteiger partial charge in [0.2, 0.25) is 5.91 Å². The fourth-order valence-corrected chi connectivity index (χ4v) is 1.42. The van der Waals surface area contributed by atoms with E-state index < -0.39 is 0 Å². The summed E-state index contributed by atoms with van der Waals surface area (Å²) in [6.45, 7) is 2.02. The Hall–Kier alpha value is -2.37. The minimum Gasteiger partial charge on any atom is -0.382 e. The van der Waals surface area contributed by atoms with E-state index in [4.69, 9.17) is 5.73 Å². The number of pyridine rings is 1. The molecule has 0 unspecified atom stereocenters. The van der Waals surface area contributed by atoms with Gasteiger partial charge < -0.3 is 11.1 Å². The highest BCUT2D eigenvalue weighted by Gasteiger charge is 2.06. The third-order valence-electron chi connectivity index (χ3n) is 2.26. The number of hydrogen-bond acceptors (Lipinski definition) is 4. The lowest BCUT2D eigenvalue weighted by Crippen LogP contribution is -2.19. The molecule has 0 aliphatic carbocycles. The second-order valence-corrected chi connectivity index (χ2v) is 3.68. The van der Waals surface area contributed by atoms with Crippen molar-refractivity contribution in [2.45, 2.75) is 13.5 Å². The van der Waals surface area contributed by atoms with Crippen LogP contribution in [0.5, 0.6) is 0 Å². The van der Waals surface area contributed by atoms with Crippen molar-refractivity contribution in [3.8, 4) is 0 Å². The average Bonchev–Trinajstić information content (AvgIpc) is 2.67. The number of carbonyl (C=O) groups excluding carboxylic acids is 1. The molecule has 0 aromatic carbocycles. The first-order chi connectivity index (χ1) is 8.15. The van der Waals surface area contributed by atoms with Gasteiger partial charge in [-0.25, -0.2) is 0 Å². The van der Waals surface area contributed by atoms with Gasteiger partial charge in [-0.15, -0.1) is 0 Å². The molecule has 0 fully saturated rings. The molecule has 2 aromatic heterocycles. The maximum atomic E-state index is 11.7. The second kappa shape index (κ2) is 4.65. The second-order valence-electron chi connectivity index (χ2n) is 3.68. The molecule has 3 N–H and O–H groups in total. The Kier molecular flexibility index (Phi) is 3.04. The average molecular weight is 231 g/mol. The molecular weight excluding hydrogens is 218 g/mol. The molecule has 0 saturated carbocycles. The molecule has 0 spiro atoms. The first kappa shape index (κ1) is 11.1. The van der Waals surface area contributed by atoms with Crippen LogP contribution >= 0.6 is 0 Å². The lowest BCUT2D eigenvalue weighted by molar-refractivity contribution is -0.116. The van der Waals surface area contributed by atoms with Crippen LogP contribution in [0, 0.1) is 6.92 Å². The molecule has 6 nitrogen and oxygen atoms in total. The van der Waals surface area contributed by atoms with E-state index >= 15 is 0 Å². The zero-order valence-corrected chi connectivity index (χ0v) is 9.42. The number of aryl methyl sites for hydroxylation is 1. The largest absolute Gasteiger partial charge is 0.382 e. The number of amides is 1. The summed E-state index contributed by atoms with van der Waals surface area (Å²) < 4.78 is 1.49. The van der Waals surface area contributed by atoms with Gasteiger partial charge in [0, 0.05) is 24.3 Å². The van der Waals surface area contributed by atoms with Crippen molar-refractivity contribution >= 4 is 17.4 Å². The molecule has 17 heavy (non-hydrogen) atoms. The Morgan fingerprint density at radius 3 is 3.00 bits per heavy atom. The summed E-state index contributed by atoms with van der Waals surface area (Å²) in [7, 11) is 0. The van der Waals surface area contributed by atoms with Crippen LogP contribution in [-0.2, 0) is 11.3 Å². The summed E-state index contributed by atoms with van der Waals surface area (Å²) in [6.07, 6.45) is 4.99. The van der Waals surface area contributed by atoms with Gasteiger partial charge in [0.1, 0.15) is 12.4 Å². The molecule has 0 aliphatic rings. The number of nitrogens with one attached hydrogen (secondary N) is 1. The molecule has 0 aliphatic heterocycles. The lowest BCUT2D eigenvalue weighted by Gasteiger charge is -2.07. The van der Waals surface area contributed by atoms with Crippen LogP contribution in [-0.4, -0.2) is 20.7 Å². The van der Waals surface area contributed by atoms with Crippen molar-refractivity contribution in [2.24, 2.45) is 0 Å². The van der Waals surface area contributed by atoms with Gasteiger partial charge in [0.25, 0.3) is 0 Å². The normalized spacial score (nSPS) is 10.2. The van der Waals surface area contributed by atoms with E-state index in [2.05, 4.69) is 15.4 Å². The van der Waals surface area contributed by atoms with Gasteiger partial charge >= 0.3 is 0 Å². The van der Waals surface area contributed by atoms with Crippen LogP contribution in [0.1, 0.15) is 5.56 Å². The summed E-state index contributed by atoms with van der Waals surface area (Å²) in [5.41, 5.74) is 7.13. The molecule has 0 saturated heterocycles. The molecular formula is C11H13N5O. The Morgan fingerprint density at radius 2 is 2.35 bits per heavy atom. The number of nitrogens with zero attached hydrogens (tertiary/aromatic N) is 3. The summed E-state index contributed by atoms with van der Waals surface area (Å²) in [6, 6.07) is 3.40. The highest BCUT2D eigenvalue weighted by molar-refractivity contribution is 5.91. The zero-order valence-electron chi connectivity index (χ0n) is 9.42. The summed E-state index contributed by atoms with van der Waals surface area (Å²) >= 11 is 0. The van der Waals surface area contributed by atoms with E-state index in [1.54, 1.807) is 30.7 Å². The minimum atomic E-state index is -0.151. The summed E-state index contributed by atoms with van der Waals surface area (Å²) in [5, 5.41) is 6.72. The number of carbonyl (C=O) groups is 1. The van der Waals surface area contributed by atoms with Crippen molar-refractivity contribution in [3.05, 3.63) is 36.3 Å². The Morgan fingerprint density at radius 1 is 1.53 bits per heavy atom. The molecule has 6 heteroatoms. The fraction of sp³-hybridized carbons (Fsp3) is 0.182. The third-order valence-corrected chi connectivity index (χ3v) is 2.26. The lowest BCUT2D eigenvalue weighted by atomic mass is 10.2. The summed E-state index contributed by atoms with van der Waals surface area (Å²) in [4.78, 5) is 15.7. The highest BCUT2D eigenvalue weighted by Crippen LogP contribution is 2.11. The maximum Gasteiger partial charge on any atom is 0.246 e. The maximum absolute atomic E-state index is 11.7. The Bertz CT molecular complexity index is 534. The molecule has 0 radical (unpaired) electrons. The smallest absolute Gasteiger partial charge is 0.246 e. The van der Waals surface area contributed by atoms with Crippen molar-refractivity contribution in [3.63, 3.8) is 0 Å². The van der Waals surface area contributed by atoms with Crippen molar-refractivity contribution in [2.75, 3.05) is 11.1 Å². The highest BCUT2D eigenvalue weighted by atomic mass is 16.2. The quantitative estimate of drug-likeness (QED) is 0.818. The van der Waals surface area contributed by atoms with Gasteiger partial charge in [0.05, 0.1) is 0 Å². The van der Waals surface area contributed by atoms with Crippen LogP contribution in [0.15, 0.2) is 30.7 Å². The summed E-state index contributed by atoms with van der Waals surface area (Å²) in [5.74, 6) is 0.250. The number of hydrogen-bond donors (Lipinski definition) is 2. The van der Waals surface area contributed by atoms with Crippen molar-refractivity contribution in [1.29, 1.82) is 0 Å². The molecule has 0 atom stereocenters. The monoisotopic (exact) mass is 231 g/mol. The minimum absolute atomic E-state index is 0.138. The Labute approximate surface area is 98.5 Å². The molecule has 88 valence electrons. The van der Waals surface area contributed by atoms with E-state index in [1.165, 1.54) is 4.68 Å². The van der Waals surface area contributed by atoms with Gasteiger partial charge in [-0.2, -0.15) is 5.10 Å². The first-order valence-corrected chi connectivity index (χ1v) is 5.14. The molecule has 2 heterocycles. The van der Waals surface area contributed by atoms with Crippen LogP contribution in [0.25, 0.3) is 0 Å². The van der Waals surface area contributed by atoms with Gasteiger partial charge in [-0.3, -0.25) is 14.5 Å². The fourth-order valence-electron chi connectivity index (χ4n) is 1.42. The predicted octanol–water partition coefficient (Wildman–Crippen LogP) is 0.807. The first-order valence-electron chi connectivity index (χ1n) is 5.14. The van der Waals surface area contributed by atoms with Crippen molar-refractivity contribution in [1.82, 2.24) is 14.8 Å². The number of rotatable bonds is 3. The van der Waals surface area contributed by atoms with E-state index in [9.17, 15) is 4.79 Å². The predicted molar refractivity (Wildman–Crippen MR) is 64.2 cm³/mol. The molecule has 0 bridgehead atoms. The van der Waals surface area contributed by atoms with E-state index in [-0.39, 0.29) is 12.5 Å². The van der Waals surface area contributed by atoms with Crippen molar-refractivity contribution < 1.29 is 4.79 Å². The van der Waals surface area contributed by atoms with Crippen LogP contribution in [0.4, 0.5) is 11.5 Å². The SMILES string of the molecule is Cc1cnccc1NC(=O)Cn1ccc(N)n1. The molecule has 1 amide bonds. The molecule has 2 aromatic rings. The van der Waals surface area contributed by atoms with Crippen LogP contribution in [0.3, 0.4) is 0 Å².